The van der Waals surface area contributed by atoms with Gasteiger partial charge >= 0.3 is 6.18 Å². The van der Waals surface area contributed by atoms with Crippen molar-refractivity contribution in [1.29, 1.82) is 0 Å². The van der Waals surface area contributed by atoms with E-state index in [2.05, 4.69) is 4.98 Å². The number of aromatic nitrogens is 1. The Kier molecular flexibility index (Phi) is 8.64. The maximum atomic E-state index is 13.4. The first kappa shape index (κ1) is 26.5. The number of ketones is 1. The van der Waals surface area contributed by atoms with Gasteiger partial charge in [-0.05, 0) is 42.7 Å². The van der Waals surface area contributed by atoms with Gasteiger partial charge in [-0.2, -0.15) is 13.2 Å². The van der Waals surface area contributed by atoms with Gasteiger partial charge in [-0.1, -0.05) is 35.3 Å². The van der Waals surface area contributed by atoms with Crippen LogP contribution in [0.3, 0.4) is 0 Å². The van der Waals surface area contributed by atoms with Crippen molar-refractivity contribution in [2.75, 3.05) is 24.4 Å². The van der Waals surface area contributed by atoms with E-state index in [-0.39, 0.29) is 28.0 Å². The highest BCUT2D eigenvalue weighted by molar-refractivity contribution is 7.98. The lowest BCUT2D eigenvalue weighted by Crippen LogP contribution is -2.30. The second-order valence-corrected chi connectivity index (χ2v) is 9.84. The lowest BCUT2D eigenvalue weighted by Gasteiger charge is -2.25. The molecule has 2 aromatic carbocycles. The zero-order valence-corrected chi connectivity index (χ0v) is 20.9. The SMILES string of the molecule is COCN(c1cc(Cl)cnc1C(=O)c1ccccc1SC)S(=O)c1ccc(Cl)c(C(F)(F)F)c1. The smallest absolute Gasteiger partial charge is 0.363 e. The molecule has 0 radical (unpaired) electrons. The van der Waals surface area contributed by atoms with Crippen molar-refractivity contribution < 1.29 is 26.9 Å². The fourth-order valence-corrected chi connectivity index (χ4v) is 5.18. The monoisotopic (exact) mass is 548 g/mol. The van der Waals surface area contributed by atoms with Crippen LogP contribution in [0.25, 0.3) is 0 Å². The number of halogens is 5. The zero-order valence-electron chi connectivity index (χ0n) is 17.7. The molecule has 1 unspecified atom stereocenters. The maximum Gasteiger partial charge on any atom is 0.417 e. The van der Waals surface area contributed by atoms with E-state index in [1.807, 2.05) is 6.26 Å². The number of nitrogens with zero attached hydrogens (tertiary/aromatic N) is 2. The van der Waals surface area contributed by atoms with Crippen LogP contribution in [0.5, 0.6) is 0 Å². The number of hydrogen-bond donors (Lipinski definition) is 0. The maximum absolute atomic E-state index is 13.4. The van der Waals surface area contributed by atoms with Gasteiger partial charge in [0.05, 0.1) is 26.2 Å². The van der Waals surface area contributed by atoms with Crippen LogP contribution in [0.1, 0.15) is 21.6 Å². The third kappa shape index (κ3) is 5.75. The van der Waals surface area contributed by atoms with Crippen molar-refractivity contribution in [1.82, 2.24) is 4.98 Å². The van der Waals surface area contributed by atoms with Crippen LogP contribution in [0.15, 0.2) is 64.5 Å². The summed E-state index contributed by atoms with van der Waals surface area (Å²) in [5.74, 6) is -0.471. The molecule has 3 rings (SSSR count). The number of hydrogen-bond acceptors (Lipinski definition) is 5. The number of methoxy groups -OCH3 is 1. The van der Waals surface area contributed by atoms with Crippen LogP contribution in [0.4, 0.5) is 18.9 Å². The van der Waals surface area contributed by atoms with Crippen molar-refractivity contribution >= 4 is 57.4 Å². The molecule has 0 aliphatic heterocycles. The van der Waals surface area contributed by atoms with Gasteiger partial charge < -0.3 is 4.74 Å². The summed E-state index contributed by atoms with van der Waals surface area (Å²) >= 11 is 13.2. The van der Waals surface area contributed by atoms with Gasteiger partial charge in [-0.25, -0.2) is 9.19 Å². The van der Waals surface area contributed by atoms with Crippen LogP contribution in [-0.2, 0) is 21.9 Å². The molecular formula is C22H17Cl2F3N2O3S2. The predicted octanol–water partition coefficient (Wildman–Crippen LogP) is 6.49. The zero-order chi connectivity index (χ0) is 25.0. The molecule has 0 spiro atoms. The predicted molar refractivity (Wildman–Crippen MR) is 128 cm³/mol. The molecule has 0 aliphatic rings. The number of carbonyl (C=O) groups is 1. The molecule has 3 aromatic rings. The Morgan fingerprint density at radius 2 is 1.88 bits per heavy atom. The van der Waals surface area contributed by atoms with E-state index in [4.69, 9.17) is 27.9 Å². The van der Waals surface area contributed by atoms with Crippen molar-refractivity contribution in [3.8, 4) is 0 Å². The normalized spacial score (nSPS) is 12.4. The molecule has 1 aromatic heterocycles. The van der Waals surface area contributed by atoms with Gasteiger partial charge in [-0.3, -0.25) is 9.10 Å². The fourth-order valence-electron chi connectivity index (χ4n) is 3.03. The quantitative estimate of drug-likeness (QED) is 0.183. The molecule has 12 heteroatoms. The van der Waals surface area contributed by atoms with E-state index in [9.17, 15) is 22.2 Å². The van der Waals surface area contributed by atoms with E-state index in [0.717, 1.165) is 10.4 Å². The average Bonchev–Trinajstić information content (AvgIpc) is 2.81. The number of carbonyl (C=O) groups excluding carboxylic acids is 1. The topological polar surface area (TPSA) is 59.5 Å². The molecular weight excluding hydrogens is 532 g/mol. The highest BCUT2D eigenvalue weighted by atomic mass is 35.5. The molecule has 0 fully saturated rings. The molecule has 34 heavy (non-hydrogen) atoms. The molecule has 0 saturated heterocycles. The van der Waals surface area contributed by atoms with Crippen molar-refractivity contribution in [3.05, 3.63) is 81.6 Å². The third-order valence-corrected chi connectivity index (χ3v) is 7.25. The van der Waals surface area contributed by atoms with E-state index in [1.54, 1.807) is 24.3 Å². The summed E-state index contributed by atoms with van der Waals surface area (Å²) in [6, 6.07) is 11.2. The first-order valence-electron chi connectivity index (χ1n) is 9.46. The summed E-state index contributed by atoms with van der Waals surface area (Å²) in [5.41, 5.74) is -0.815. The van der Waals surface area contributed by atoms with Crippen molar-refractivity contribution in [3.63, 3.8) is 0 Å². The lowest BCUT2D eigenvalue weighted by molar-refractivity contribution is -0.137. The van der Waals surface area contributed by atoms with Gasteiger partial charge in [0, 0.05) is 23.8 Å². The summed E-state index contributed by atoms with van der Waals surface area (Å²) in [5, 5.41) is -0.393. The number of ether oxygens (including phenoxy) is 1. The number of anilines is 1. The van der Waals surface area contributed by atoms with Gasteiger partial charge in [0.1, 0.15) is 12.4 Å². The summed E-state index contributed by atoms with van der Waals surface area (Å²) in [6.07, 6.45) is -1.67. The van der Waals surface area contributed by atoms with Crippen LogP contribution < -0.4 is 4.31 Å². The molecule has 0 aliphatic carbocycles. The van der Waals surface area contributed by atoms with Crippen molar-refractivity contribution in [2.24, 2.45) is 0 Å². The molecule has 180 valence electrons. The van der Waals surface area contributed by atoms with Crippen LogP contribution >= 0.6 is 35.0 Å². The summed E-state index contributed by atoms with van der Waals surface area (Å²) in [7, 11) is -0.915. The number of benzene rings is 2. The van der Waals surface area contributed by atoms with E-state index >= 15 is 0 Å². The molecule has 5 nitrogen and oxygen atoms in total. The Morgan fingerprint density at radius 1 is 1.18 bits per heavy atom. The Labute approximate surface area is 210 Å². The highest BCUT2D eigenvalue weighted by Crippen LogP contribution is 2.37. The Hall–Kier alpha value is -2.11. The molecule has 0 N–H and O–H groups in total. The first-order chi connectivity index (χ1) is 16.1. The minimum Gasteiger partial charge on any atom is -0.363 e. The summed E-state index contributed by atoms with van der Waals surface area (Å²) in [4.78, 5) is 18.1. The molecule has 1 heterocycles. The number of rotatable bonds is 8. The Morgan fingerprint density at radius 3 is 2.53 bits per heavy atom. The van der Waals surface area contributed by atoms with Crippen molar-refractivity contribution in [2.45, 2.75) is 16.0 Å². The second-order valence-electron chi connectivity index (χ2n) is 6.74. The fraction of sp³-hybridized carbons (Fsp3) is 0.182. The van der Waals surface area contributed by atoms with E-state index in [0.29, 0.717) is 16.5 Å². The number of pyridine rings is 1. The molecule has 0 saturated carbocycles. The van der Waals surface area contributed by atoms with Gasteiger partial charge in [0.2, 0.25) is 5.78 Å². The van der Waals surface area contributed by atoms with Gasteiger partial charge in [0.25, 0.3) is 0 Å². The standard InChI is InChI=1S/C22H17Cl2F3N2O3S2/c1-32-12-29(34(31)14-7-8-17(24)16(10-14)22(25,26)27)18-9-13(23)11-28-20(18)21(30)15-5-3-4-6-19(15)33-2/h3-11H,12H2,1-2H3. The van der Waals surface area contributed by atoms with Crippen LogP contribution in [-0.4, -0.2) is 35.1 Å². The van der Waals surface area contributed by atoms with E-state index < -0.39 is 33.5 Å². The van der Waals surface area contributed by atoms with Crippen LogP contribution in [0, 0.1) is 0 Å². The first-order valence-corrected chi connectivity index (χ1v) is 12.6. The minimum absolute atomic E-state index is 0.0390. The third-order valence-electron chi connectivity index (χ3n) is 4.56. The second kappa shape index (κ2) is 11.1. The van der Waals surface area contributed by atoms with E-state index in [1.165, 1.54) is 37.2 Å². The largest absolute Gasteiger partial charge is 0.417 e. The molecule has 1 atom stereocenters. The molecule has 0 bridgehead atoms. The average molecular weight is 549 g/mol. The highest BCUT2D eigenvalue weighted by Gasteiger charge is 2.34. The Bertz CT molecular complexity index is 1240. The van der Waals surface area contributed by atoms with Gasteiger partial charge in [-0.15, -0.1) is 11.8 Å². The summed E-state index contributed by atoms with van der Waals surface area (Å²) in [6.45, 7) is -0.330. The number of alkyl halides is 3. The minimum atomic E-state index is -4.75. The number of thioether (sulfide) groups is 1. The van der Waals surface area contributed by atoms with Crippen LogP contribution in [0.2, 0.25) is 10.0 Å². The molecule has 0 amide bonds. The van der Waals surface area contributed by atoms with Gasteiger partial charge in [0.15, 0.2) is 11.0 Å². The lowest BCUT2D eigenvalue weighted by atomic mass is 10.1. The Balaban J connectivity index is 2.14. The summed E-state index contributed by atoms with van der Waals surface area (Å²) < 4.78 is 59.7.